The molecule has 3 heteroatoms. The number of hydrogen-bond acceptors (Lipinski definition) is 2. The van der Waals surface area contributed by atoms with Crippen LogP contribution in [-0.2, 0) is 4.79 Å². The molecular formula is C11H10N2O. The fourth-order valence-electron chi connectivity index (χ4n) is 1.35. The van der Waals surface area contributed by atoms with Crippen molar-refractivity contribution < 1.29 is 4.79 Å². The zero-order valence-corrected chi connectivity index (χ0v) is 7.82. The van der Waals surface area contributed by atoms with E-state index in [4.69, 9.17) is 0 Å². The summed E-state index contributed by atoms with van der Waals surface area (Å²) in [5, 5.41) is 3.79. The highest BCUT2D eigenvalue weighted by molar-refractivity contribution is 5.91. The van der Waals surface area contributed by atoms with E-state index < -0.39 is 0 Å². The molecule has 1 heterocycles. The molecule has 0 saturated heterocycles. The Kier molecular flexibility index (Phi) is 2.14. The fourth-order valence-corrected chi connectivity index (χ4v) is 1.35. The normalized spacial score (nSPS) is 10.1. The van der Waals surface area contributed by atoms with Gasteiger partial charge in [0.2, 0.25) is 5.91 Å². The van der Waals surface area contributed by atoms with Gasteiger partial charge in [-0.25, -0.2) is 0 Å². The molecule has 70 valence electrons. The maximum atomic E-state index is 10.8. The number of rotatable bonds is 1. The maximum Gasteiger partial charge on any atom is 0.221 e. The molecule has 2 rings (SSSR count). The second kappa shape index (κ2) is 3.46. The molecule has 2 aromatic rings. The summed E-state index contributed by atoms with van der Waals surface area (Å²) in [6, 6.07) is 9.54. The lowest BCUT2D eigenvalue weighted by molar-refractivity contribution is -0.114. The molecule has 0 aliphatic heterocycles. The Balaban J connectivity index is 2.46. The van der Waals surface area contributed by atoms with Crippen molar-refractivity contribution in [2.75, 3.05) is 5.32 Å². The highest BCUT2D eigenvalue weighted by Crippen LogP contribution is 2.16. The summed E-state index contributed by atoms with van der Waals surface area (Å²) in [4.78, 5) is 15.0. The number of pyridine rings is 1. The zero-order valence-electron chi connectivity index (χ0n) is 7.82. The van der Waals surface area contributed by atoms with Crippen molar-refractivity contribution in [2.24, 2.45) is 0 Å². The first-order valence-corrected chi connectivity index (χ1v) is 4.38. The summed E-state index contributed by atoms with van der Waals surface area (Å²) in [6.07, 6.45) is 1.74. The average molecular weight is 186 g/mol. The number of hydrogen-bond donors (Lipinski definition) is 1. The number of carbonyl (C=O) groups excluding carboxylic acids is 1. The van der Waals surface area contributed by atoms with Gasteiger partial charge in [0, 0.05) is 24.2 Å². The van der Waals surface area contributed by atoms with Crippen molar-refractivity contribution >= 4 is 22.5 Å². The average Bonchev–Trinajstić information content (AvgIpc) is 2.17. The Bertz CT molecular complexity index is 479. The quantitative estimate of drug-likeness (QED) is 0.741. The summed E-state index contributed by atoms with van der Waals surface area (Å²) in [7, 11) is 0. The summed E-state index contributed by atoms with van der Waals surface area (Å²) in [5.74, 6) is -0.0692. The molecule has 0 radical (unpaired) electrons. The highest BCUT2D eigenvalue weighted by atomic mass is 16.1. The Morgan fingerprint density at radius 3 is 3.00 bits per heavy atom. The van der Waals surface area contributed by atoms with Crippen LogP contribution in [0, 0.1) is 0 Å². The second-order valence-corrected chi connectivity index (χ2v) is 3.09. The molecule has 1 N–H and O–H groups in total. The minimum Gasteiger partial charge on any atom is -0.326 e. The van der Waals surface area contributed by atoms with Crippen molar-refractivity contribution in [1.82, 2.24) is 4.98 Å². The zero-order chi connectivity index (χ0) is 9.97. The Hall–Kier alpha value is -1.90. The van der Waals surface area contributed by atoms with Crippen molar-refractivity contribution in [3.8, 4) is 0 Å². The van der Waals surface area contributed by atoms with E-state index in [1.54, 1.807) is 6.20 Å². The van der Waals surface area contributed by atoms with Crippen LogP contribution in [0.4, 0.5) is 5.69 Å². The molecule has 0 aliphatic rings. The molecule has 0 saturated carbocycles. The van der Waals surface area contributed by atoms with E-state index in [1.807, 2.05) is 30.3 Å². The first-order chi connectivity index (χ1) is 6.75. The molecule has 0 bridgehead atoms. The number of aromatic nitrogens is 1. The van der Waals surface area contributed by atoms with Gasteiger partial charge in [0.15, 0.2) is 0 Å². The van der Waals surface area contributed by atoms with Crippen LogP contribution >= 0.6 is 0 Å². The van der Waals surface area contributed by atoms with E-state index in [0.29, 0.717) is 0 Å². The van der Waals surface area contributed by atoms with E-state index in [-0.39, 0.29) is 5.91 Å². The first-order valence-electron chi connectivity index (χ1n) is 4.38. The van der Waals surface area contributed by atoms with Gasteiger partial charge >= 0.3 is 0 Å². The lowest BCUT2D eigenvalue weighted by Crippen LogP contribution is -2.05. The number of fused-ring (bicyclic) bond motifs is 1. The molecule has 14 heavy (non-hydrogen) atoms. The lowest BCUT2D eigenvalue weighted by Gasteiger charge is -2.02. The fraction of sp³-hybridized carbons (Fsp3) is 0.0909. The number of carbonyl (C=O) groups is 1. The molecule has 1 aromatic heterocycles. The molecule has 3 nitrogen and oxygen atoms in total. The molecular weight excluding hydrogens is 176 g/mol. The Morgan fingerprint density at radius 1 is 1.36 bits per heavy atom. The number of benzene rings is 1. The Labute approximate surface area is 81.8 Å². The van der Waals surface area contributed by atoms with Crippen molar-refractivity contribution in [1.29, 1.82) is 0 Å². The largest absolute Gasteiger partial charge is 0.326 e. The summed E-state index contributed by atoms with van der Waals surface area (Å²) < 4.78 is 0. The van der Waals surface area contributed by atoms with Gasteiger partial charge in [0.1, 0.15) is 0 Å². The predicted molar refractivity (Wildman–Crippen MR) is 56.0 cm³/mol. The molecule has 0 spiro atoms. The van der Waals surface area contributed by atoms with Crippen LogP contribution in [0.25, 0.3) is 10.9 Å². The van der Waals surface area contributed by atoms with Gasteiger partial charge in [-0.15, -0.1) is 0 Å². The maximum absolute atomic E-state index is 10.8. The van der Waals surface area contributed by atoms with E-state index in [2.05, 4.69) is 10.3 Å². The number of nitrogens with one attached hydrogen (secondary N) is 1. The van der Waals surface area contributed by atoms with Crippen molar-refractivity contribution in [3.05, 3.63) is 36.5 Å². The van der Waals surface area contributed by atoms with E-state index in [1.165, 1.54) is 6.92 Å². The van der Waals surface area contributed by atoms with E-state index >= 15 is 0 Å². The third-order valence-electron chi connectivity index (χ3n) is 1.93. The van der Waals surface area contributed by atoms with Crippen molar-refractivity contribution in [3.63, 3.8) is 0 Å². The minimum atomic E-state index is -0.0692. The van der Waals surface area contributed by atoms with Gasteiger partial charge in [-0.2, -0.15) is 0 Å². The minimum absolute atomic E-state index is 0.0692. The van der Waals surface area contributed by atoms with Gasteiger partial charge in [-0.05, 0) is 18.2 Å². The standard InChI is InChI=1S/C11H10N2O/c1-8(14)13-10-5-4-9-3-2-6-12-11(9)7-10/h2-7H,1H3,(H,13,14). The summed E-state index contributed by atoms with van der Waals surface area (Å²) in [5.41, 5.74) is 1.67. The van der Waals surface area contributed by atoms with Crippen LogP contribution < -0.4 is 5.32 Å². The van der Waals surface area contributed by atoms with E-state index in [0.717, 1.165) is 16.6 Å². The van der Waals surface area contributed by atoms with Gasteiger partial charge in [0.25, 0.3) is 0 Å². The molecule has 1 amide bonds. The summed E-state index contributed by atoms with van der Waals surface area (Å²) >= 11 is 0. The SMILES string of the molecule is CC(=O)Nc1ccc2cccnc2c1. The smallest absolute Gasteiger partial charge is 0.221 e. The lowest BCUT2D eigenvalue weighted by atomic mass is 10.2. The van der Waals surface area contributed by atoms with Gasteiger partial charge < -0.3 is 5.32 Å². The monoisotopic (exact) mass is 186 g/mol. The summed E-state index contributed by atoms with van der Waals surface area (Å²) in [6.45, 7) is 1.49. The highest BCUT2D eigenvalue weighted by Gasteiger charge is 1.97. The van der Waals surface area contributed by atoms with Gasteiger partial charge in [-0.3, -0.25) is 9.78 Å². The second-order valence-electron chi connectivity index (χ2n) is 3.09. The van der Waals surface area contributed by atoms with Crippen LogP contribution in [0.2, 0.25) is 0 Å². The molecule has 0 aliphatic carbocycles. The molecule has 1 aromatic carbocycles. The van der Waals surface area contributed by atoms with Crippen LogP contribution in [0.3, 0.4) is 0 Å². The van der Waals surface area contributed by atoms with E-state index in [9.17, 15) is 4.79 Å². The third-order valence-corrected chi connectivity index (χ3v) is 1.93. The third kappa shape index (κ3) is 1.71. The molecule has 0 unspecified atom stereocenters. The molecule has 0 fully saturated rings. The topological polar surface area (TPSA) is 42.0 Å². The number of nitrogens with zero attached hydrogens (tertiary/aromatic N) is 1. The van der Waals surface area contributed by atoms with Crippen LogP contribution in [0.1, 0.15) is 6.92 Å². The number of amides is 1. The predicted octanol–water partition coefficient (Wildman–Crippen LogP) is 2.19. The number of anilines is 1. The van der Waals surface area contributed by atoms with Crippen LogP contribution in [0.15, 0.2) is 36.5 Å². The molecule has 0 atom stereocenters. The van der Waals surface area contributed by atoms with Gasteiger partial charge in [0.05, 0.1) is 5.52 Å². The van der Waals surface area contributed by atoms with Crippen LogP contribution in [0.5, 0.6) is 0 Å². The van der Waals surface area contributed by atoms with Crippen LogP contribution in [-0.4, -0.2) is 10.9 Å². The van der Waals surface area contributed by atoms with Gasteiger partial charge in [-0.1, -0.05) is 12.1 Å². The first kappa shape index (κ1) is 8.69. The van der Waals surface area contributed by atoms with Crippen molar-refractivity contribution in [2.45, 2.75) is 6.92 Å². The Morgan fingerprint density at radius 2 is 2.21 bits per heavy atom.